The largest absolute Gasteiger partial charge is 0.467 e. The third-order valence-corrected chi connectivity index (χ3v) is 7.52. The van der Waals surface area contributed by atoms with Gasteiger partial charge >= 0.3 is 6.01 Å². The molecule has 11 heteroatoms. The number of carbonyl (C=O) groups is 3. The molecule has 2 aliphatic rings. The average Bonchev–Trinajstić information content (AvgIpc) is 3.45. The van der Waals surface area contributed by atoms with Gasteiger partial charge in [-0.1, -0.05) is 34.1 Å². The topological polar surface area (TPSA) is 106 Å². The number of methoxy groups -OCH3 is 1. The van der Waals surface area contributed by atoms with Gasteiger partial charge in [-0.25, -0.2) is 14.4 Å². The first kappa shape index (κ1) is 27.4. The predicted molar refractivity (Wildman–Crippen MR) is 152 cm³/mol. The van der Waals surface area contributed by atoms with E-state index in [0.717, 1.165) is 15.6 Å². The summed E-state index contributed by atoms with van der Waals surface area (Å²) in [5, 5.41) is 3.51. The van der Waals surface area contributed by atoms with E-state index in [0.29, 0.717) is 28.6 Å². The molecule has 2 unspecified atom stereocenters. The number of rotatable bonds is 7. The molecule has 3 aromatic rings. The number of alkyl halides is 1. The molecular formula is C29H27BrFN5O4. The second kappa shape index (κ2) is 11.5. The molecule has 1 saturated heterocycles. The Balaban J connectivity index is 1.38. The van der Waals surface area contributed by atoms with Crippen molar-refractivity contribution in [3.63, 3.8) is 0 Å². The summed E-state index contributed by atoms with van der Waals surface area (Å²) in [5.41, 5.74) is 3.31. The highest BCUT2D eigenvalue weighted by molar-refractivity contribution is 9.11. The summed E-state index contributed by atoms with van der Waals surface area (Å²) in [6.07, 6.45) is 11.3. The van der Waals surface area contributed by atoms with Crippen molar-refractivity contribution in [1.29, 1.82) is 0 Å². The van der Waals surface area contributed by atoms with E-state index < -0.39 is 24.0 Å². The number of likely N-dealkylation sites (tertiary alicyclic amines) is 1. The Morgan fingerprint density at radius 3 is 2.70 bits per heavy atom. The van der Waals surface area contributed by atoms with Gasteiger partial charge in [0, 0.05) is 63.6 Å². The normalized spacial score (nSPS) is 18.8. The quantitative estimate of drug-likeness (QED) is 0.397. The van der Waals surface area contributed by atoms with Crippen LogP contribution in [0.2, 0.25) is 0 Å². The summed E-state index contributed by atoms with van der Waals surface area (Å²) < 4.78 is 22.1. The molecule has 0 saturated carbocycles. The van der Waals surface area contributed by atoms with E-state index in [9.17, 15) is 18.8 Å². The van der Waals surface area contributed by atoms with E-state index >= 15 is 0 Å². The van der Waals surface area contributed by atoms with E-state index in [-0.39, 0.29) is 31.3 Å². The number of nitrogens with zero attached hydrogens (tertiary/aromatic N) is 4. The fourth-order valence-corrected chi connectivity index (χ4v) is 5.25. The monoisotopic (exact) mass is 607 g/mol. The highest BCUT2D eigenvalue weighted by Gasteiger charge is 2.40. The summed E-state index contributed by atoms with van der Waals surface area (Å²) >= 11 is 3.41. The van der Waals surface area contributed by atoms with E-state index in [1.807, 2.05) is 30.4 Å². The molecule has 0 spiro atoms. The maximum absolute atomic E-state index is 14.5. The van der Waals surface area contributed by atoms with E-state index in [4.69, 9.17) is 4.74 Å². The van der Waals surface area contributed by atoms with Crippen molar-refractivity contribution in [2.45, 2.75) is 38.5 Å². The first-order valence-electron chi connectivity index (χ1n) is 12.7. The summed E-state index contributed by atoms with van der Waals surface area (Å²) in [6.45, 7) is 1.15. The number of aromatic nitrogens is 3. The average molecular weight is 608 g/mol. The fourth-order valence-electron chi connectivity index (χ4n) is 4.94. The maximum Gasteiger partial charge on any atom is 0.316 e. The number of hydrogen-bond acceptors (Lipinski definition) is 6. The number of amides is 2. The SMILES string of the molecule is COc1ncc(-c2ccc3c(c2)c(C(C)=O)cn3CC(=O)N2CC(F)CC2C(=O)NC2=CC=CC(Br)=CC2)cn1. The zero-order valence-electron chi connectivity index (χ0n) is 21.9. The van der Waals surface area contributed by atoms with Crippen LogP contribution in [0.4, 0.5) is 4.39 Å². The van der Waals surface area contributed by atoms with Gasteiger partial charge in [-0.2, -0.15) is 0 Å². The summed E-state index contributed by atoms with van der Waals surface area (Å²) in [4.78, 5) is 48.6. The Labute approximate surface area is 238 Å². The minimum Gasteiger partial charge on any atom is -0.467 e. The molecule has 1 aliphatic carbocycles. The molecule has 5 rings (SSSR count). The van der Waals surface area contributed by atoms with Crippen LogP contribution in [0.15, 0.2) is 71.3 Å². The van der Waals surface area contributed by atoms with E-state index in [1.165, 1.54) is 18.9 Å². The van der Waals surface area contributed by atoms with Gasteiger partial charge in [0.2, 0.25) is 11.8 Å². The van der Waals surface area contributed by atoms with Crippen LogP contribution in [0.5, 0.6) is 6.01 Å². The number of hydrogen-bond donors (Lipinski definition) is 1. The number of halogens is 2. The van der Waals surface area contributed by atoms with E-state index in [2.05, 4.69) is 31.2 Å². The van der Waals surface area contributed by atoms with Crippen molar-refractivity contribution < 1.29 is 23.5 Å². The Morgan fingerprint density at radius 1 is 1.20 bits per heavy atom. The molecule has 0 radical (unpaired) electrons. The minimum absolute atomic E-state index is 0.0708. The van der Waals surface area contributed by atoms with Crippen LogP contribution >= 0.6 is 15.9 Å². The predicted octanol–water partition coefficient (Wildman–Crippen LogP) is 4.49. The first-order valence-corrected chi connectivity index (χ1v) is 13.5. The van der Waals surface area contributed by atoms with Crippen molar-refractivity contribution >= 4 is 44.4 Å². The molecule has 1 aromatic carbocycles. The second-order valence-corrected chi connectivity index (χ2v) is 10.6. The Hall–Kier alpha value is -4.12. The van der Waals surface area contributed by atoms with Crippen LogP contribution in [-0.2, 0) is 16.1 Å². The number of ether oxygens (including phenoxy) is 1. The lowest BCUT2D eigenvalue weighted by molar-refractivity contribution is -0.138. The minimum atomic E-state index is -1.31. The first-order chi connectivity index (χ1) is 19.2. The van der Waals surface area contributed by atoms with Crippen LogP contribution in [0, 0.1) is 0 Å². The number of nitrogens with one attached hydrogen (secondary N) is 1. The summed E-state index contributed by atoms with van der Waals surface area (Å²) in [5.74, 6) is -0.988. The number of ketones is 1. The number of fused-ring (bicyclic) bond motifs is 1. The fraction of sp³-hybridized carbons (Fsp3) is 0.276. The van der Waals surface area contributed by atoms with Gasteiger partial charge < -0.3 is 19.5 Å². The third kappa shape index (κ3) is 5.74. The van der Waals surface area contributed by atoms with Gasteiger partial charge in [-0.15, -0.1) is 0 Å². The molecular weight excluding hydrogens is 581 g/mol. The van der Waals surface area contributed by atoms with Crippen LogP contribution in [-0.4, -0.2) is 62.9 Å². The number of Topliss-reactive ketones (excluding diaryl/α,β-unsaturated/α-hetero) is 1. The van der Waals surface area contributed by atoms with Gasteiger partial charge in [-0.05, 0) is 36.8 Å². The van der Waals surface area contributed by atoms with Crippen molar-refractivity contribution in [3.8, 4) is 17.1 Å². The lowest BCUT2D eigenvalue weighted by Gasteiger charge is -2.24. The van der Waals surface area contributed by atoms with Gasteiger partial charge in [0.05, 0.1) is 13.7 Å². The Bertz CT molecular complexity index is 1570. The maximum atomic E-state index is 14.5. The summed E-state index contributed by atoms with van der Waals surface area (Å²) in [7, 11) is 1.48. The molecule has 2 amide bonds. The second-order valence-electron chi connectivity index (χ2n) is 9.65. The molecule has 0 bridgehead atoms. The molecule has 1 N–H and O–H groups in total. The van der Waals surface area contributed by atoms with Crippen LogP contribution in [0.1, 0.15) is 30.1 Å². The van der Waals surface area contributed by atoms with Crippen LogP contribution in [0.3, 0.4) is 0 Å². The van der Waals surface area contributed by atoms with Gasteiger partial charge in [0.1, 0.15) is 18.8 Å². The van der Waals surface area contributed by atoms with E-state index in [1.54, 1.807) is 35.3 Å². The van der Waals surface area contributed by atoms with Gasteiger partial charge in [0.15, 0.2) is 5.78 Å². The summed E-state index contributed by atoms with van der Waals surface area (Å²) in [6, 6.07) is 4.83. The highest BCUT2D eigenvalue weighted by atomic mass is 79.9. The molecule has 2 aromatic heterocycles. The van der Waals surface area contributed by atoms with Crippen molar-refractivity contribution in [2.75, 3.05) is 13.7 Å². The highest BCUT2D eigenvalue weighted by Crippen LogP contribution is 2.29. The zero-order chi connectivity index (χ0) is 28.4. The smallest absolute Gasteiger partial charge is 0.316 e. The Kier molecular flexibility index (Phi) is 7.92. The Morgan fingerprint density at radius 2 is 1.98 bits per heavy atom. The van der Waals surface area contributed by atoms with Gasteiger partial charge in [-0.3, -0.25) is 14.4 Å². The molecule has 3 heterocycles. The number of benzene rings is 1. The zero-order valence-corrected chi connectivity index (χ0v) is 23.5. The standard InChI is InChI=1S/C29H27BrFN5O4/c1-17(37)24-15-35(25-9-6-18(10-23(24)25)19-12-32-29(40-2)33-13-19)16-27(38)36-14-21(31)11-26(36)28(39)34-22-5-3-4-20(30)7-8-22/h3-7,9-10,12-13,15,21,26H,8,11,14,16H2,1-2H3,(H,34,39). The number of allylic oxidation sites excluding steroid dienone is 5. The molecule has 40 heavy (non-hydrogen) atoms. The molecule has 206 valence electrons. The van der Waals surface area contributed by atoms with Crippen molar-refractivity contribution in [1.82, 2.24) is 24.8 Å². The number of carbonyl (C=O) groups excluding carboxylic acids is 3. The molecule has 1 fully saturated rings. The lowest BCUT2D eigenvalue weighted by Crippen LogP contribution is -2.46. The van der Waals surface area contributed by atoms with Crippen LogP contribution in [0.25, 0.3) is 22.0 Å². The molecule has 1 aliphatic heterocycles. The van der Waals surface area contributed by atoms with Crippen molar-refractivity contribution in [2.24, 2.45) is 0 Å². The van der Waals surface area contributed by atoms with Gasteiger partial charge in [0.25, 0.3) is 0 Å². The lowest BCUT2D eigenvalue weighted by atomic mass is 10.0. The molecule has 2 atom stereocenters. The third-order valence-electron chi connectivity index (χ3n) is 6.94. The molecule has 9 nitrogen and oxygen atoms in total. The van der Waals surface area contributed by atoms with Crippen LogP contribution < -0.4 is 10.1 Å². The van der Waals surface area contributed by atoms with Crippen molar-refractivity contribution in [3.05, 3.63) is 76.8 Å².